The summed E-state index contributed by atoms with van der Waals surface area (Å²) in [6.07, 6.45) is 2.40. The summed E-state index contributed by atoms with van der Waals surface area (Å²) in [5.74, 6) is 0.545. The second-order valence-corrected chi connectivity index (χ2v) is 6.13. The van der Waals surface area contributed by atoms with Crippen LogP contribution in [0.2, 0.25) is 0 Å². The first-order chi connectivity index (χ1) is 7.88. The summed E-state index contributed by atoms with van der Waals surface area (Å²) in [5.41, 5.74) is 9.29. The molecule has 2 atom stereocenters. The second-order valence-electron chi connectivity index (χ2n) is 6.13. The maximum atomic E-state index is 6.42. The largest absolute Gasteiger partial charge is 0.324 e. The number of nitrogens with two attached hydrogens (primary N) is 1. The van der Waals surface area contributed by atoms with Crippen LogP contribution in [0.3, 0.4) is 0 Å². The minimum atomic E-state index is 0.158. The van der Waals surface area contributed by atoms with Crippen LogP contribution in [-0.2, 0) is 5.41 Å². The van der Waals surface area contributed by atoms with Crippen LogP contribution in [0.15, 0.2) is 24.3 Å². The van der Waals surface area contributed by atoms with Gasteiger partial charge in [-0.2, -0.15) is 0 Å². The van der Waals surface area contributed by atoms with E-state index in [4.69, 9.17) is 5.73 Å². The van der Waals surface area contributed by atoms with Gasteiger partial charge in [-0.25, -0.2) is 0 Å². The molecule has 0 aliphatic carbocycles. The lowest BCUT2D eigenvalue weighted by Crippen LogP contribution is -2.24. The topological polar surface area (TPSA) is 26.0 Å². The highest BCUT2D eigenvalue weighted by Crippen LogP contribution is 2.32. The normalized spacial score (nSPS) is 15.6. The third kappa shape index (κ3) is 3.57. The van der Waals surface area contributed by atoms with Gasteiger partial charge < -0.3 is 5.73 Å². The van der Waals surface area contributed by atoms with Gasteiger partial charge in [0.1, 0.15) is 0 Å². The molecule has 0 amide bonds. The first-order valence-corrected chi connectivity index (χ1v) is 6.73. The monoisotopic (exact) mass is 233 g/mol. The van der Waals surface area contributed by atoms with Crippen LogP contribution in [0.25, 0.3) is 0 Å². The van der Waals surface area contributed by atoms with E-state index in [0.29, 0.717) is 5.92 Å². The fourth-order valence-electron chi connectivity index (χ4n) is 2.41. The van der Waals surface area contributed by atoms with E-state index in [9.17, 15) is 0 Å². The molecule has 0 heterocycles. The summed E-state index contributed by atoms with van der Waals surface area (Å²) in [4.78, 5) is 0. The summed E-state index contributed by atoms with van der Waals surface area (Å²) in [7, 11) is 0. The van der Waals surface area contributed by atoms with Crippen molar-refractivity contribution in [3.05, 3.63) is 35.4 Å². The summed E-state index contributed by atoms with van der Waals surface area (Å²) in [5, 5.41) is 0. The van der Waals surface area contributed by atoms with Crippen LogP contribution >= 0.6 is 0 Å². The van der Waals surface area contributed by atoms with Gasteiger partial charge in [0.15, 0.2) is 0 Å². The molecule has 17 heavy (non-hydrogen) atoms. The molecule has 0 radical (unpaired) electrons. The zero-order valence-corrected chi connectivity index (χ0v) is 12.0. The molecule has 1 rings (SSSR count). The minimum absolute atomic E-state index is 0.158. The van der Waals surface area contributed by atoms with Gasteiger partial charge in [-0.15, -0.1) is 0 Å². The summed E-state index contributed by atoms with van der Waals surface area (Å²) < 4.78 is 0. The lowest BCUT2D eigenvalue weighted by atomic mass is 9.79. The van der Waals surface area contributed by atoms with E-state index in [1.165, 1.54) is 24.0 Å². The molecule has 0 bridgehead atoms. The third-order valence-electron chi connectivity index (χ3n) is 3.48. The molecule has 0 saturated heterocycles. The fraction of sp³-hybridized carbons (Fsp3) is 0.625. The van der Waals surface area contributed by atoms with Crippen molar-refractivity contribution in [1.82, 2.24) is 0 Å². The highest BCUT2D eigenvalue weighted by Gasteiger charge is 2.23. The molecular formula is C16H27N. The van der Waals surface area contributed by atoms with Crippen molar-refractivity contribution in [3.8, 4) is 0 Å². The van der Waals surface area contributed by atoms with Gasteiger partial charge in [0, 0.05) is 6.04 Å². The molecule has 0 aliphatic heterocycles. The maximum Gasteiger partial charge on any atom is 0.0323 e. The number of benzene rings is 1. The molecule has 0 aromatic heterocycles. The lowest BCUT2D eigenvalue weighted by Gasteiger charge is -2.28. The molecule has 0 fully saturated rings. The predicted octanol–water partition coefficient (Wildman–Crippen LogP) is 4.42. The van der Waals surface area contributed by atoms with E-state index in [1.807, 2.05) is 0 Å². The van der Waals surface area contributed by atoms with Gasteiger partial charge in [0.2, 0.25) is 0 Å². The highest BCUT2D eigenvalue weighted by atomic mass is 14.6. The standard InChI is InChI=1S/C16H27N/c1-6-9-12(2)15(17)13-10-7-8-11-14(13)16(3,4)5/h7-8,10-12,15H,6,9,17H2,1-5H3. The first kappa shape index (κ1) is 14.2. The van der Waals surface area contributed by atoms with Gasteiger partial charge in [-0.1, -0.05) is 65.3 Å². The zero-order chi connectivity index (χ0) is 13.1. The number of hydrogen-bond acceptors (Lipinski definition) is 1. The molecule has 1 aromatic carbocycles. The molecule has 1 nitrogen and oxygen atoms in total. The molecule has 0 aliphatic rings. The minimum Gasteiger partial charge on any atom is -0.324 e. The quantitative estimate of drug-likeness (QED) is 0.818. The van der Waals surface area contributed by atoms with Crippen LogP contribution in [0.4, 0.5) is 0 Å². The zero-order valence-electron chi connectivity index (χ0n) is 12.0. The smallest absolute Gasteiger partial charge is 0.0323 e. The summed E-state index contributed by atoms with van der Waals surface area (Å²) in [6.45, 7) is 11.2. The molecule has 1 heteroatoms. The van der Waals surface area contributed by atoms with Crippen LogP contribution in [0.5, 0.6) is 0 Å². The fourth-order valence-corrected chi connectivity index (χ4v) is 2.41. The molecule has 0 spiro atoms. The Hall–Kier alpha value is -0.820. The number of rotatable bonds is 4. The van der Waals surface area contributed by atoms with Gasteiger partial charge >= 0.3 is 0 Å². The molecule has 96 valence electrons. The van der Waals surface area contributed by atoms with Crippen LogP contribution in [0.1, 0.15) is 64.6 Å². The lowest BCUT2D eigenvalue weighted by molar-refractivity contribution is 0.425. The van der Waals surface area contributed by atoms with Crippen molar-refractivity contribution in [2.24, 2.45) is 11.7 Å². The molecule has 2 unspecified atom stereocenters. The van der Waals surface area contributed by atoms with Crippen molar-refractivity contribution in [3.63, 3.8) is 0 Å². The Morgan fingerprint density at radius 2 is 1.76 bits per heavy atom. The van der Waals surface area contributed by atoms with E-state index < -0.39 is 0 Å². The molecular weight excluding hydrogens is 206 g/mol. The predicted molar refractivity (Wildman–Crippen MR) is 76.1 cm³/mol. The van der Waals surface area contributed by atoms with E-state index >= 15 is 0 Å². The van der Waals surface area contributed by atoms with E-state index in [2.05, 4.69) is 58.9 Å². The molecule has 2 N–H and O–H groups in total. The third-order valence-corrected chi connectivity index (χ3v) is 3.48. The Bertz CT molecular complexity index is 349. The van der Waals surface area contributed by atoms with Crippen LogP contribution in [0, 0.1) is 5.92 Å². The summed E-state index contributed by atoms with van der Waals surface area (Å²) >= 11 is 0. The Labute approximate surface area is 106 Å². The Balaban J connectivity index is 3.05. The molecule has 0 saturated carbocycles. The van der Waals surface area contributed by atoms with Gasteiger partial charge in [0.25, 0.3) is 0 Å². The average molecular weight is 233 g/mol. The van der Waals surface area contributed by atoms with E-state index in [0.717, 1.165) is 0 Å². The Morgan fingerprint density at radius 1 is 1.18 bits per heavy atom. The van der Waals surface area contributed by atoms with Crippen molar-refractivity contribution in [2.45, 2.75) is 58.9 Å². The van der Waals surface area contributed by atoms with Crippen molar-refractivity contribution in [1.29, 1.82) is 0 Å². The van der Waals surface area contributed by atoms with Crippen molar-refractivity contribution in [2.75, 3.05) is 0 Å². The summed E-state index contributed by atoms with van der Waals surface area (Å²) in [6, 6.07) is 8.78. The van der Waals surface area contributed by atoms with Gasteiger partial charge in [-0.3, -0.25) is 0 Å². The SMILES string of the molecule is CCCC(C)C(N)c1ccccc1C(C)(C)C. The average Bonchev–Trinajstić information content (AvgIpc) is 2.27. The van der Waals surface area contributed by atoms with Crippen molar-refractivity contribution >= 4 is 0 Å². The van der Waals surface area contributed by atoms with E-state index in [-0.39, 0.29) is 11.5 Å². The van der Waals surface area contributed by atoms with Gasteiger partial charge in [0.05, 0.1) is 0 Å². The number of hydrogen-bond donors (Lipinski definition) is 1. The highest BCUT2D eigenvalue weighted by molar-refractivity contribution is 5.35. The van der Waals surface area contributed by atoms with Crippen LogP contribution in [-0.4, -0.2) is 0 Å². The Kier molecular flexibility index (Phi) is 4.76. The first-order valence-electron chi connectivity index (χ1n) is 6.73. The molecule has 1 aromatic rings. The van der Waals surface area contributed by atoms with Crippen molar-refractivity contribution < 1.29 is 0 Å². The Morgan fingerprint density at radius 3 is 2.29 bits per heavy atom. The van der Waals surface area contributed by atoms with Crippen LogP contribution < -0.4 is 5.73 Å². The second kappa shape index (κ2) is 5.68. The maximum absolute atomic E-state index is 6.42. The van der Waals surface area contributed by atoms with E-state index in [1.54, 1.807) is 0 Å². The van der Waals surface area contributed by atoms with Gasteiger partial charge in [-0.05, 0) is 28.9 Å².